The summed E-state index contributed by atoms with van der Waals surface area (Å²) < 4.78 is 9.27. The number of pyridine rings is 4. The van der Waals surface area contributed by atoms with Gasteiger partial charge in [0.25, 0.3) is 0 Å². The summed E-state index contributed by atoms with van der Waals surface area (Å²) in [6.45, 7) is 20.2. The van der Waals surface area contributed by atoms with E-state index < -0.39 is 22.4 Å². The molecule has 0 saturated carbocycles. The van der Waals surface area contributed by atoms with Crippen LogP contribution in [-0.4, -0.2) is 114 Å². The van der Waals surface area contributed by atoms with Crippen LogP contribution in [0.2, 0.25) is 5.02 Å². The van der Waals surface area contributed by atoms with Crippen molar-refractivity contribution in [2.75, 3.05) is 40.8 Å². The monoisotopic (exact) mass is 1350 g/mol. The quantitative estimate of drug-likeness (QED) is 0.0869. The second kappa shape index (κ2) is 28.7. The first-order valence-corrected chi connectivity index (χ1v) is 35.6. The van der Waals surface area contributed by atoms with Crippen LogP contribution in [0.4, 0.5) is 0 Å². The van der Waals surface area contributed by atoms with Crippen molar-refractivity contribution in [2.24, 2.45) is 0 Å². The molecule has 0 amide bonds. The van der Waals surface area contributed by atoms with Gasteiger partial charge in [0.1, 0.15) is 22.4 Å². The summed E-state index contributed by atoms with van der Waals surface area (Å²) in [7, 11) is 6.52. The van der Waals surface area contributed by atoms with E-state index >= 15 is 0 Å². The fraction of sp³-hybridized carbons (Fsp3) is 0.373. The van der Waals surface area contributed by atoms with Crippen molar-refractivity contribution in [1.82, 2.24) is 52.9 Å². The minimum atomic E-state index is -0.967. The zero-order valence-corrected chi connectivity index (χ0v) is 59.8. The molecule has 16 heteroatoms. The van der Waals surface area contributed by atoms with E-state index in [2.05, 4.69) is 161 Å². The molecule has 1 aliphatic carbocycles. The van der Waals surface area contributed by atoms with Gasteiger partial charge in [0, 0.05) is 202 Å². The zero-order valence-electron chi connectivity index (χ0n) is 59.1. The van der Waals surface area contributed by atoms with E-state index in [9.17, 15) is 20.4 Å². The van der Waals surface area contributed by atoms with E-state index in [1.165, 1.54) is 107 Å². The van der Waals surface area contributed by atoms with Gasteiger partial charge < -0.3 is 53.4 Å². The largest absolute Gasteiger partial charge is 0.384 e. The van der Waals surface area contributed by atoms with E-state index in [1.807, 2.05) is 82.3 Å². The number of likely N-dealkylation sites (N-methyl/N-ethyl adjacent to an activating group) is 3. The first-order valence-electron chi connectivity index (χ1n) is 35.3. The molecule has 4 unspecified atom stereocenters. The van der Waals surface area contributed by atoms with Gasteiger partial charge in [-0.1, -0.05) is 84.2 Å². The summed E-state index contributed by atoms with van der Waals surface area (Å²) in [5, 5.41) is 50.8. The van der Waals surface area contributed by atoms with Crippen LogP contribution < -0.4 is 0 Å². The fourth-order valence-electron chi connectivity index (χ4n) is 15.8. The number of hydrogen-bond acceptors (Lipinski definition) is 11. The van der Waals surface area contributed by atoms with Crippen LogP contribution in [0.3, 0.4) is 0 Å². The number of para-hydroxylation sites is 1. The Labute approximate surface area is 587 Å². The Bertz CT molecular complexity index is 4810. The van der Waals surface area contributed by atoms with Crippen LogP contribution in [0, 0.1) is 13.8 Å². The molecule has 4 N–H and O–H groups in total. The second-order valence-electron chi connectivity index (χ2n) is 29.1. The maximum atomic E-state index is 11.5. The molecule has 0 fully saturated rings. The van der Waals surface area contributed by atoms with Crippen molar-refractivity contribution >= 4 is 55.2 Å². The zero-order chi connectivity index (χ0) is 69.4. The van der Waals surface area contributed by atoms with Gasteiger partial charge in [0.2, 0.25) is 0 Å². The van der Waals surface area contributed by atoms with Crippen molar-refractivity contribution < 1.29 is 20.4 Å². The Morgan fingerprint density at radius 2 is 0.758 bits per heavy atom. The molecule has 16 rings (SSSR count). The molecule has 514 valence electrons. The van der Waals surface area contributed by atoms with Gasteiger partial charge in [-0.15, -0.1) is 0 Å². The summed E-state index contributed by atoms with van der Waals surface area (Å²) in [6, 6.07) is 43.2. The highest BCUT2D eigenvalue weighted by Gasteiger charge is 2.35. The van der Waals surface area contributed by atoms with Crippen LogP contribution >= 0.6 is 11.6 Å². The maximum Gasteiger partial charge on any atom is 0.109 e. The molecule has 0 saturated heterocycles. The lowest BCUT2D eigenvalue weighted by molar-refractivity contribution is 0.0143. The topological polar surface area (TPSA) is 162 Å². The van der Waals surface area contributed by atoms with Crippen molar-refractivity contribution in [3.8, 4) is 0 Å². The summed E-state index contributed by atoms with van der Waals surface area (Å²) in [4.78, 5) is 23.8. The average molecular weight is 1350 g/mol. The standard InChI is InChI=1S/C22H27N3O.C21H25N3O.C20H21ClN2O.C20H23N3O/c1-4-22(26,17-6-5-10-23-13-17)15-25-20-8-7-16(2)12-18(20)19-14-24(3)11-9-21(19)25;1-15-6-7-19-17(11-15)18-13-23(3)10-8-20(18)24(19)14-21(2,25)16-5-4-9-22-12-16;1-20(24,14-5-4-10-22-12-14)13-23-18-7-3-2-6-16(18)17-11-15(21)8-9-19(17)23;1-20(24,15-6-5-10-21-12-15)14-23-18-8-4-3-7-16(18)17-13-22(2)11-9-19(17)23/h5-8,10,12-13,26H,4,9,11,14-15H2,1-3H3;4-7,9,11-12,25H,8,10,13-14H2,1-3H3;4-5,8-12,24H,2-3,6-7,13H2,1H3;3-8,10,12,24H,9,11,13-14H2,1-2H3. The van der Waals surface area contributed by atoms with Crippen LogP contribution in [0.25, 0.3) is 43.6 Å². The van der Waals surface area contributed by atoms with Crippen LogP contribution in [0.5, 0.6) is 0 Å². The minimum Gasteiger partial charge on any atom is -0.384 e. The molecule has 0 bridgehead atoms. The highest BCUT2D eigenvalue weighted by molar-refractivity contribution is 6.31. The van der Waals surface area contributed by atoms with E-state index in [0.717, 1.165) is 104 Å². The van der Waals surface area contributed by atoms with Gasteiger partial charge in [-0.2, -0.15) is 0 Å². The molecule has 4 aliphatic rings. The molecule has 11 heterocycles. The fourth-order valence-corrected chi connectivity index (χ4v) is 16.0. The van der Waals surface area contributed by atoms with E-state index in [4.69, 9.17) is 11.6 Å². The van der Waals surface area contributed by atoms with Crippen molar-refractivity contribution in [3.05, 3.63) is 260 Å². The van der Waals surface area contributed by atoms with Crippen molar-refractivity contribution in [3.63, 3.8) is 0 Å². The minimum absolute atomic E-state index is 0.520. The number of rotatable bonds is 13. The van der Waals surface area contributed by atoms with Crippen molar-refractivity contribution in [1.29, 1.82) is 0 Å². The first kappa shape index (κ1) is 69.1. The highest BCUT2D eigenvalue weighted by atomic mass is 35.5. The Hall–Kier alpha value is -8.35. The molecule has 4 aromatic carbocycles. The van der Waals surface area contributed by atoms with Gasteiger partial charge in [0.15, 0.2) is 0 Å². The first-order chi connectivity index (χ1) is 47.6. The third-order valence-electron chi connectivity index (χ3n) is 21.3. The molecule has 15 nitrogen and oxygen atoms in total. The summed E-state index contributed by atoms with van der Waals surface area (Å²) in [5.74, 6) is 0. The second-order valence-corrected chi connectivity index (χ2v) is 29.5. The molecule has 12 aromatic rings. The van der Waals surface area contributed by atoms with E-state index in [0.29, 0.717) is 32.6 Å². The SMILES string of the molecule is CC(O)(Cn1c2c(c3cc(Cl)ccc31)CCCC2)c1cccnc1.CCC(O)(Cn1c2c(c3cc(C)ccc31)CN(C)CC2)c1cccnc1.CN1CCc2c(c3ccccc3n2CC(C)(O)c2cccnc2)C1.Cc1ccc2c(c1)c1c(n2CC(C)(O)c2cccnc2)CCN(C)C1. The molecular formula is C83H96ClN11O4. The Morgan fingerprint density at radius 3 is 1.18 bits per heavy atom. The number of nitrogens with zero attached hydrogens (tertiary/aromatic N) is 11. The van der Waals surface area contributed by atoms with Crippen LogP contribution in [-0.2, 0) is 100 Å². The van der Waals surface area contributed by atoms with Gasteiger partial charge >= 0.3 is 0 Å². The van der Waals surface area contributed by atoms with Gasteiger partial charge in [-0.25, -0.2) is 0 Å². The average Bonchev–Trinajstić information content (AvgIpc) is 1.63. The van der Waals surface area contributed by atoms with Gasteiger partial charge in [-0.05, 0) is 183 Å². The van der Waals surface area contributed by atoms with Gasteiger partial charge in [-0.3, -0.25) is 19.9 Å². The number of halogens is 1. The lowest BCUT2D eigenvalue weighted by Gasteiger charge is -2.30. The Balaban J connectivity index is 0.000000119. The number of aliphatic hydroxyl groups is 4. The maximum absolute atomic E-state index is 11.5. The molecule has 8 aromatic heterocycles. The molecule has 0 radical (unpaired) electrons. The van der Waals surface area contributed by atoms with E-state index in [-0.39, 0.29) is 0 Å². The predicted octanol–water partition coefficient (Wildman–Crippen LogP) is 14.3. The van der Waals surface area contributed by atoms with Crippen LogP contribution in [0.15, 0.2) is 177 Å². The molecule has 3 aliphatic heterocycles. The third-order valence-corrected chi connectivity index (χ3v) is 21.6. The summed E-state index contributed by atoms with van der Waals surface area (Å²) >= 11 is 6.23. The van der Waals surface area contributed by atoms with E-state index in [1.54, 1.807) is 49.6 Å². The van der Waals surface area contributed by atoms with Crippen LogP contribution in [0.1, 0.15) is 125 Å². The molecular weight excluding hydrogens is 1250 g/mol. The summed E-state index contributed by atoms with van der Waals surface area (Å²) in [6.07, 6.45) is 22.3. The normalized spacial score (nSPS) is 17.3. The number of aromatic nitrogens is 8. The third kappa shape index (κ3) is 14.4. The van der Waals surface area contributed by atoms with Gasteiger partial charge in [0.05, 0.1) is 26.2 Å². The lowest BCUT2D eigenvalue weighted by atomic mass is 9.92. The smallest absolute Gasteiger partial charge is 0.109 e. The lowest BCUT2D eigenvalue weighted by Crippen LogP contribution is -2.33. The molecule has 4 atom stereocenters. The summed E-state index contributed by atoms with van der Waals surface area (Å²) in [5.41, 5.74) is 18.1. The van der Waals surface area contributed by atoms with Crippen molar-refractivity contribution in [2.45, 2.75) is 161 Å². The predicted molar refractivity (Wildman–Crippen MR) is 399 cm³/mol. The number of aryl methyl sites for hydroxylation is 3. The molecule has 0 spiro atoms. The number of hydrogen-bond donors (Lipinski definition) is 4. The highest BCUT2D eigenvalue weighted by Crippen LogP contribution is 2.40. The Kier molecular flexibility index (Phi) is 20.1. The number of fused-ring (bicyclic) bond motifs is 12. The number of benzene rings is 4. The molecule has 99 heavy (non-hydrogen) atoms. The Morgan fingerprint density at radius 1 is 0.394 bits per heavy atom.